The molecule has 0 aromatic heterocycles. The summed E-state index contributed by atoms with van der Waals surface area (Å²) in [4.78, 5) is 25.7. The molecular weight excluding hydrogens is 500 g/mol. The maximum atomic E-state index is 13.5. The summed E-state index contributed by atoms with van der Waals surface area (Å²) < 4.78 is 28.0. The molecule has 3 aromatic rings. The molecule has 4 rings (SSSR count). The minimum Gasteiger partial charge on any atom is -0.493 e. The molecule has 1 atom stereocenters. The van der Waals surface area contributed by atoms with Crippen LogP contribution in [0.25, 0.3) is 11.1 Å². The largest absolute Gasteiger partial charge is 0.493 e. The number of fused-ring (bicyclic) bond motifs is 3. The SMILES string of the molecule is COc1cccc(CNc2ccc3c(cc2=O)[C@@H](NC(C)=O)CCc2cc(OC)c(OC)c(OC)c2-3)c1OC. The zero-order valence-corrected chi connectivity index (χ0v) is 23.1. The minimum absolute atomic E-state index is 0.179. The first-order valence-electron chi connectivity index (χ1n) is 12.6. The van der Waals surface area contributed by atoms with Crippen molar-refractivity contribution in [3.8, 4) is 39.9 Å². The molecule has 9 heteroatoms. The Labute approximate surface area is 228 Å². The lowest BCUT2D eigenvalue weighted by Gasteiger charge is -2.19. The van der Waals surface area contributed by atoms with Crippen molar-refractivity contribution in [2.75, 3.05) is 40.9 Å². The Morgan fingerprint density at radius 3 is 2.23 bits per heavy atom. The van der Waals surface area contributed by atoms with Gasteiger partial charge in [0.1, 0.15) is 0 Å². The fourth-order valence-corrected chi connectivity index (χ4v) is 5.14. The molecule has 0 bridgehead atoms. The molecule has 0 fully saturated rings. The molecule has 0 saturated heterocycles. The summed E-state index contributed by atoms with van der Waals surface area (Å²) in [5.41, 5.74) is 4.26. The Bertz CT molecular complexity index is 1440. The predicted octanol–water partition coefficient (Wildman–Crippen LogP) is 4.49. The van der Waals surface area contributed by atoms with Gasteiger partial charge in [-0.15, -0.1) is 0 Å². The van der Waals surface area contributed by atoms with Crippen LogP contribution in [-0.4, -0.2) is 41.5 Å². The number of hydrogen-bond donors (Lipinski definition) is 2. The van der Waals surface area contributed by atoms with Gasteiger partial charge in [0, 0.05) is 24.6 Å². The molecule has 0 aliphatic heterocycles. The number of benzene rings is 2. The molecular formula is C30H34N2O7. The van der Waals surface area contributed by atoms with E-state index in [0.717, 1.165) is 22.3 Å². The molecule has 9 nitrogen and oxygen atoms in total. The highest BCUT2D eigenvalue weighted by Crippen LogP contribution is 2.50. The van der Waals surface area contributed by atoms with Gasteiger partial charge in [-0.2, -0.15) is 0 Å². The fourth-order valence-electron chi connectivity index (χ4n) is 5.14. The summed E-state index contributed by atoms with van der Waals surface area (Å²) in [7, 11) is 7.87. The second-order valence-electron chi connectivity index (χ2n) is 9.10. The average Bonchev–Trinajstić information content (AvgIpc) is 3.18. The second kappa shape index (κ2) is 12.0. The first kappa shape index (κ1) is 27.6. The summed E-state index contributed by atoms with van der Waals surface area (Å²) in [5, 5.41) is 6.27. The van der Waals surface area contributed by atoms with E-state index in [1.165, 1.54) is 6.92 Å². The van der Waals surface area contributed by atoms with Crippen molar-refractivity contribution in [2.24, 2.45) is 0 Å². The first-order chi connectivity index (χ1) is 18.9. The van der Waals surface area contributed by atoms with E-state index in [-0.39, 0.29) is 17.4 Å². The summed E-state index contributed by atoms with van der Waals surface area (Å²) in [6, 6.07) is 12.4. The second-order valence-corrected chi connectivity index (χ2v) is 9.10. The molecule has 0 radical (unpaired) electrons. The highest BCUT2D eigenvalue weighted by molar-refractivity contribution is 5.83. The number of carbonyl (C=O) groups is 1. The Kier molecular flexibility index (Phi) is 8.49. The van der Waals surface area contributed by atoms with E-state index < -0.39 is 0 Å². The van der Waals surface area contributed by atoms with Gasteiger partial charge in [-0.25, -0.2) is 0 Å². The lowest BCUT2D eigenvalue weighted by Crippen LogP contribution is -2.26. The number of amides is 1. The number of ether oxygens (including phenoxy) is 5. The molecule has 2 N–H and O–H groups in total. The molecule has 0 unspecified atom stereocenters. The zero-order valence-electron chi connectivity index (χ0n) is 23.1. The van der Waals surface area contributed by atoms with E-state index in [9.17, 15) is 9.59 Å². The minimum atomic E-state index is -0.377. The van der Waals surface area contributed by atoms with Gasteiger partial charge in [-0.05, 0) is 53.8 Å². The van der Waals surface area contributed by atoms with Gasteiger partial charge in [0.25, 0.3) is 0 Å². The third kappa shape index (κ3) is 5.43. The number of para-hydroxylation sites is 1. The van der Waals surface area contributed by atoms with E-state index in [4.69, 9.17) is 23.7 Å². The van der Waals surface area contributed by atoms with Crippen molar-refractivity contribution < 1.29 is 28.5 Å². The van der Waals surface area contributed by atoms with Gasteiger partial charge in [0.05, 0.1) is 47.3 Å². The van der Waals surface area contributed by atoms with Crippen molar-refractivity contribution in [2.45, 2.75) is 32.4 Å². The standard InChI is InChI=1S/C30H34N2O7/c1-17(33)32-22-12-10-18-14-26(36-3)29(38-5)30(39-6)27(18)20-11-13-23(24(34)15-21(20)22)31-16-19-8-7-9-25(35-2)28(19)37-4/h7-9,11,13-15,22H,10,12,16H2,1-6H3,(H,31,34)(H,32,33)/t22-/m0/s1. The van der Waals surface area contributed by atoms with E-state index >= 15 is 0 Å². The van der Waals surface area contributed by atoms with Gasteiger partial charge in [-0.3, -0.25) is 9.59 Å². The molecule has 206 valence electrons. The molecule has 0 spiro atoms. The topological polar surface area (TPSA) is 104 Å². The predicted molar refractivity (Wildman–Crippen MR) is 150 cm³/mol. The summed E-state index contributed by atoms with van der Waals surface area (Å²) in [6.45, 7) is 1.81. The van der Waals surface area contributed by atoms with Crippen molar-refractivity contribution in [3.63, 3.8) is 0 Å². The van der Waals surface area contributed by atoms with Crippen LogP contribution in [-0.2, 0) is 17.8 Å². The fraction of sp³-hybridized carbons (Fsp3) is 0.333. The molecule has 1 amide bonds. The number of carbonyl (C=O) groups excluding carboxylic acids is 1. The van der Waals surface area contributed by atoms with E-state index in [1.54, 1.807) is 47.7 Å². The molecule has 0 heterocycles. The Balaban J connectivity index is 1.88. The van der Waals surface area contributed by atoms with Gasteiger partial charge in [0.15, 0.2) is 23.0 Å². The third-order valence-corrected chi connectivity index (χ3v) is 6.87. The van der Waals surface area contributed by atoms with E-state index in [0.29, 0.717) is 59.4 Å². The summed E-state index contributed by atoms with van der Waals surface area (Å²) in [6.07, 6.45) is 1.22. The van der Waals surface area contributed by atoms with E-state index in [2.05, 4.69) is 10.6 Å². The van der Waals surface area contributed by atoms with Crippen molar-refractivity contribution in [3.05, 3.63) is 69.4 Å². The maximum absolute atomic E-state index is 13.5. The number of methoxy groups -OCH3 is 5. The van der Waals surface area contributed by atoms with E-state index in [1.807, 2.05) is 30.3 Å². The van der Waals surface area contributed by atoms with Crippen molar-refractivity contribution in [1.29, 1.82) is 0 Å². The number of aryl methyl sites for hydroxylation is 1. The Morgan fingerprint density at radius 1 is 0.872 bits per heavy atom. The first-order valence-corrected chi connectivity index (χ1v) is 12.6. The summed E-state index contributed by atoms with van der Waals surface area (Å²) >= 11 is 0. The lowest BCUT2D eigenvalue weighted by molar-refractivity contribution is -0.119. The third-order valence-electron chi connectivity index (χ3n) is 6.87. The van der Waals surface area contributed by atoms with Crippen LogP contribution in [0.4, 0.5) is 5.69 Å². The maximum Gasteiger partial charge on any atom is 0.217 e. The Morgan fingerprint density at radius 2 is 1.59 bits per heavy atom. The zero-order chi connectivity index (χ0) is 28.1. The van der Waals surface area contributed by atoms with Crippen molar-refractivity contribution >= 4 is 11.6 Å². The molecule has 1 aliphatic rings. The van der Waals surface area contributed by atoms with Crippen LogP contribution in [0.3, 0.4) is 0 Å². The van der Waals surface area contributed by atoms with Crippen LogP contribution in [0.5, 0.6) is 28.7 Å². The number of hydrogen-bond acceptors (Lipinski definition) is 8. The lowest BCUT2D eigenvalue weighted by atomic mass is 9.95. The number of anilines is 1. The van der Waals surface area contributed by atoms with Crippen LogP contribution >= 0.6 is 0 Å². The highest BCUT2D eigenvalue weighted by Gasteiger charge is 2.29. The highest BCUT2D eigenvalue weighted by atomic mass is 16.5. The van der Waals surface area contributed by atoms with Crippen LogP contribution in [0.2, 0.25) is 0 Å². The number of rotatable bonds is 9. The van der Waals surface area contributed by atoms with Gasteiger partial charge in [0.2, 0.25) is 17.1 Å². The Hall–Kier alpha value is -4.40. The van der Waals surface area contributed by atoms with Crippen LogP contribution in [0, 0.1) is 0 Å². The molecule has 3 aromatic carbocycles. The van der Waals surface area contributed by atoms with Gasteiger partial charge < -0.3 is 34.3 Å². The normalized spacial score (nSPS) is 13.7. The van der Waals surface area contributed by atoms with Gasteiger partial charge in [-0.1, -0.05) is 18.2 Å². The molecule has 1 aliphatic carbocycles. The van der Waals surface area contributed by atoms with Gasteiger partial charge >= 0.3 is 0 Å². The molecule has 39 heavy (non-hydrogen) atoms. The summed E-state index contributed by atoms with van der Waals surface area (Å²) in [5.74, 6) is 2.54. The van der Waals surface area contributed by atoms with Crippen LogP contribution in [0.15, 0.2) is 47.3 Å². The van der Waals surface area contributed by atoms with Crippen LogP contribution in [0.1, 0.15) is 36.1 Å². The number of nitrogens with one attached hydrogen (secondary N) is 2. The van der Waals surface area contributed by atoms with Crippen LogP contribution < -0.4 is 39.7 Å². The van der Waals surface area contributed by atoms with Crippen molar-refractivity contribution in [1.82, 2.24) is 5.32 Å². The average molecular weight is 535 g/mol. The monoisotopic (exact) mass is 534 g/mol. The molecule has 0 saturated carbocycles. The quantitative estimate of drug-likeness (QED) is 0.414. The smallest absolute Gasteiger partial charge is 0.217 e.